The molecule has 1 unspecified atom stereocenters. The molecule has 5 aromatic carbocycles. The highest BCUT2D eigenvalue weighted by Gasteiger charge is 2.22. The largest absolute Gasteiger partial charge is 0.325 e. The molecular formula is C36H27BrClN3O3S. The first kappa shape index (κ1) is 31.8. The maximum Gasteiger partial charge on any atom is 0.272 e. The molecule has 0 spiro atoms. The van der Waals surface area contributed by atoms with Crippen molar-refractivity contribution in [3.8, 4) is 0 Å². The zero-order chi connectivity index (χ0) is 31.6. The molecule has 0 bridgehead atoms. The number of hydrogen-bond donors (Lipinski definition) is 3. The zero-order valence-electron chi connectivity index (χ0n) is 23.7. The lowest BCUT2D eigenvalue weighted by Crippen LogP contribution is -2.30. The van der Waals surface area contributed by atoms with Crippen LogP contribution in [-0.4, -0.2) is 17.7 Å². The van der Waals surface area contributed by atoms with Crippen LogP contribution < -0.4 is 16.0 Å². The second-order valence-electron chi connectivity index (χ2n) is 9.82. The van der Waals surface area contributed by atoms with Gasteiger partial charge in [0.25, 0.3) is 11.8 Å². The van der Waals surface area contributed by atoms with Gasteiger partial charge in [0.2, 0.25) is 5.91 Å². The highest BCUT2D eigenvalue weighted by atomic mass is 79.9. The molecule has 5 aromatic rings. The normalized spacial score (nSPS) is 11.7. The van der Waals surface area contributed by atoms with Gasteiger partial charge in [-0.2, -0.15) is 0 Å². The Morgan fingerprint density at radius 3 is 2.00 bits per heavy atom. The van der Waals surface area contributed by atoms with Crippen molar-refractivity contribution in [1.29, 1.82) is 0 Å². The molecule has 0 heterocycles. The summed E-state index contributed by atoms with van der Waals surface area (Å²) in [6, 6.07) is 39.8. The van der Waals surface area contributed by atoms with Gasteiger partial charge in [-0.1, -0.05) is 88.2 Å². The van der Waals surface area contributed by atoms with Crippen LogP contribution in [-0.2, 0) is 9.59 Å². The van der Waals surface area contributed by atoms with Crippen molar-refractivity contribution in [3.05, 3.63) is 165 Å². The molecule has 3 amide bonds. The average molecular weight is 697 g/mol. The third-order valence-electron chi connectivity index (χ3n) is 6.51. The van der Waals surface area contributed by atoms with E-state index in [1.807, 2.05) is 72.8 Å². The summed E-state index contributed by atoms with van der Waals surface area (Å²) in [5.41, 5.74) is 3.20. The Morgan fingerprint density at radius 2 is 1.33 bits per heavy atom. The van der Waals surface area contributed by atoms with Crippen LogP contribution in [0, 0.1) is 0 Å². The average Bonchev–Trinajstić information content (AvgIpc) is 3.06. The summed E-state index contributed by atoms with van der Waals surface area (Å²) in [5.74, 6) is -1.08. The van der Waals surface area contributed by atoms with Gasteiger partial charge in [0.1, 0.15) is 10.9 Å². The Balaban J connectivity index is 1.32. The Hall–Kier alpha value is -4.63. The molecule has 0 aromatic heterocycles. The highest BCUT2D eigenvalue weighted by Crippen LogP contribution is 2.37. The third-order valence-corrected chi connectivity index (χ3v) is 8.54. The molecular weight excluding hydrogens is 670 g/mol. The third kappa shape index (κ3) is 9.18. The fourth-order valence-electron chi connectivity index (χ4n) is 4.30. The highest BCUT2D eigenvalue weighted by molar-refractivity contribution is 9.10. The van der Waals surface area contributed by atoms with Crippen LogP contribution in [0.15, 0.2) is 149 Å². The molecule has 0 aliphatic carbocycles. The van der Waals surface area contributed by atoms with Gasteiger partial charge >= 0.3 is 0 Å². The van der Waals surface area contributed by atoms with Gasteiger partial charge in [-0.05, 0) is 90.0 Å². The number of nitrogens with one attached hydrogen (secondary N) is 3. The van der Waals surface area contributed by atoms with Crippen LogP contribution in [0.2, 0.25) is 5.02 Å². The second-order valence-corrected chi connectivity index (χ2v) is 12.3. The number of rotatable bonds is 10. The molecule has 6 nitrogen and oxygen atoms in total. The van der Waals surface area contributed by atoms with Crippen LogP contribution in [0.5, 0.6) is 0 Å². The summed E-state index contributed by atoms with van der Waals surface area (Å²) >= 11 is 11.0. The van der Waals surface area contributed by atoms with Gasteiger partial charge in [-0.25, -0.2) is 0 Å². The van der Waals surface area contributed by atoms with Gasteiger partial charge in [0, 0.05) is 31.3 Å². The van der Waals surface area contributed by atoms with Crippen molar-refractivity contribution in [3.63, 3.8) is 0 Å². The summed E-state index contributed by atoms with van der Waals surface area (Å²) in [7, 11) is 0. The Labute approximate surface area is 279 Å². The molecule has 224 valence electrons. The van der Waals surface area contributed by atoms with E-state index in [1.54, 1.807) is 66.7 Å². The van der Waals surface area contributed by atoms with Crippen LogP contribution in [0.3, 0.4) is 0 Å². The monoisotopic (exact) mass is 695 g/mol. The number of benzene rings is 5. The van der Waals surface area contributed by atoms with E-state index in [9.17, 15) is 14.4 Å². The lowest BCUT2D eigenvalue weighted by molar-refractivity contribution is -0.116. The van der Waals surface area contributed by atoms with E-state index < -0.39 is 17.1 Å². The fraction of sp³-hybridized carbons (Fsp3) is 0.0278. The summed E-state index contributed by atoms with van der Waals surface area (Å²) in [6.45, 7) is 0. The predicted octanol–water partition coefficient (Wildman–Crippen LogP) is 8.98. The minimum atomic E-state index is -0.518. The van der Waals surface area contributed by atoms with Crippen molar-refractivity contribution in [2.75, 3.05) is 10.6 Å². The number of carbonyl (C=O) groups excluding carboxylic acids is 3. The van der Waals surface area contributed by atoms with Crippen LogP contribution in [0.1, 0.15) is 26.7 Å². The van der Waals surface area contributed by atoms with Crippen molar-refractivity contribution in [2.24, 2.45) is 0 Å². The molecule has 9 heteroatoms. The van der Waals surface area contributed by atoms with Crippen molar-refractivity contribution in [1.82, 2.24) is 5.32 Å². The molecule has 3 N–H and O–H groups in total. The van der Waals surface area contributed by atoms with Crippen molar-refractivity contribution in [2.45, 2.75) is 10.1 Å². The van der Waals surface area contributed by atoms with Gasteiger partial charge in [-0.3, -0.25) is 14.4 Å². The lowest BCUT2D eigenvalue weighted by atomic mass is 10.1. The Morgan fingerprint density at radius 1 is 0.711 bits per heavy atom. The summed E-state index contributed by atoms with van der Waals surface area (Å²) in [6.07, 6.45) is 1.57. The number of amides is 3. The van der Waals surface area contributed by atoms with E-state index >= 15 is 0 Å². The van der Waals surface area contributed by atoms with E-state index in [1.165, 1.54) is 11.8 Å². The Kier molecular flexibility index (Phi) is 10.9. The van der Waals surface area contributed by atoms with E-state index in [0.717, 1.165) is 14.9 Å². The van der Waals surface area contributed by atoms with Crippen LogP contribution in [0.25, 0.3) is 6.08 Å². The molecule has 0 aliphatic rings. The van der Waals surface area contributed by atoms with Gasteiger partial charge in [0.15, 0.2) is 0 Å². The van der Waals surface area contributed by atoms with Gasteiger partial charge < -0.3 is 16.0 Å². The minimum Gasteiger partial charge on any atom is -0.325 e. The molecule has 5 rings (SSSR count). The standard InChI is InChI=1S/C36H27BrClN3O3S/c37-27-14-16-29(17-15-27)40-36(44)33(25-9-3-1-4-10-25)45-31-20-18-30(19-21-31)39-35(43)32(23-24-8-7-13-28(38)22-24)41-34(42)26-11-5-2-6-12-26/h1-23,33H,(H,39,43)(H,40,44)(H,41,42)/b32-23-. The fourth-order valence-corrected chi connectivity index (χ4v) is 5.79. The first-order valence-electron chi connectivity index (χ1n) is 13.9. The molecule has 0 aliphatic heterocycles. The number of carbonyl (C=O) groups is 3. The number of halogens is 2. The molecule has 0 saturated carbocycles. The minimum absolute atomic E-state index is 0.0540. The van der Waals surface area contributed by atoms with Gasteiger partial charge in [-0.15, -0.1) is 11.8 Å². The lowest BCUT2D eigenvalue weighted by Gasteiger charge is -2.17. The van der Waals surface area contributed by atoms with E-state index in [4.69, 9.17) is 11.6 Å². The maximum atomic E-state index is 13.4. The first-order chi connectivity index (χ1) is 21.8. The summed E-state index contributed by atoms with van der Waals surface area (Å²) in [4.78, 5) is 40.6. The first-order valence-corrected chi connectivity index (χ1v) is 15.9. The molecule has 0 fully saturated rings. The smallest absolute Gasteiger partial charge is 0.272 e. The van der Waals surface area contributed by atoms with Crippen LogP contribution in [0.4, 0.5) is 11.4 Å². The van der Waals surface area contributed by atoms with E-state index in [-0.39, 0.29) is 11.6 Å². The SMILES string of the molecule is O=C(Nc1ccc(SC(C(=O)Nc2ccc(Br)cc2)c2ccccc2)cc1)/C(=C/c1cccc(Cl)c1)NC(=O)c1ccccc1. The van der Waals surface area contributed by atoms with Crippen LogP contribution >= 0.6 is 39.3 Å². The maximum absolute atomic E-state index is 13.4. The quantitative estimate of drug-likeness (QED) is 0.101. The summed E-state index contributed by atoms with van der Waals surface area (Å²) in [5, 5.41) is 8.58. The van der Waals surface area contributed by atoms with Gasteiger partial charge in [0.05, 0.1) is 0 Å². The number of hydrogen-bond acceptors (Lipinski definition) is 4. The van der Waals surface area contributed by atoms with E-state index in [2.05, 4.69) is 31.9 Å². The second kappa shape index (κ2) is 15.4. The number of anilines is 2. The molecule has 1 atom stereocenters. The predicted molar refractivity (Wildman–Crippen MR) is 186 cm³/mol. The Bertz CT molecular complexity index is 1820. The molecule has 45 heavy (non-hydrogen) atoms. The zero-order valence-corrected chi connectivity index (χ0v) is 26.9. The van der Waals surface area contributed by atoms with E-state index in [0.29, 0.717) is 27.5 Å². The molecule has 0 radical (unpaired) electrons. The van der Waals surface area contributed by atoms with Crippen molar-refractivity contribution < 1.29 is 14.4 Å². The summed E-state index contributed by atoms with van der Waals surface area (Å²) < 4.78 is 0.923. The number of thioether (sulfide) groups is 1. The molecule has 0 saturated heterocycles. The van der Waals surface area contributed by atoms with Crippen molar-refractivity contribution >= 4 is 74.5 Å². The topological polar surface area (TPSA) is 87.3 Å².